The molecule has 0 radical (unpaired) electrons. The zero-order valence-corrected chi connectivity index (χ0v) is 19.6. The first kappa shape index (κ1) is 22.7. The van der Waals surface area contributed by atoms with Crippen molar-refractivity contribution in [3.05, 3.63) is 103 Å². The second-order valence-electron chi connectivity index (χ2n) is 6.97. The summed E-state index contributed by atoms with van der Waals surface area (Å²) in [5.74, 6) is 0.00415. The summed E-state index contributed by atoms with van der Waals surface area (Å²) >= 11 is 19.3. The zero-order chi connectivity index (χ0) is 22.7. The second-order valence-corrected chi connectivity index (χ2v) is 9.25. The number of rotatable bonds is 6. The highest BCUT2D eigenvalue weighted by Crippen LogP contribution is 2.38. The molecule has 1 heterocycles. The van der Waals surface area contributed by atoms with E-state index >= 15 is 0 Å². The van der Waals surface area contributed by atoms with Gasteiger partial charge in [0.1, 0.15) is 12.4 Å². The van der Waals surface area contributed by atoms with Crippen LogP contribution in [0, 0.1) is 0 Å². The van der Waals surface area contributed by atoms with E-state index in [9.17, 15) is 9.59 Å². The first-order chi connectivity index (χ1) is 15.4. The maximum absolute atomic E-state index is 12.9. The molecule has 1 aliphatic rings. The van der Waals surface area contributed by atoms with Crippen molar-refractivity contribution in [2.75, 3.05) is 0 Å². The number of nitrogens with zero attached hydrogens (tertiary/aromatic N) is 1. The topological polar surface area (TPSA) is 46.6 Å². The normalized spacial score (nSPS) is 15.0. The molecule has 162 valence electrons. The first-order valence-electron chi connectivity index (χ1n) is 9.56. The minimum absolute atomic E-state index is 0.160. The fourth-order valence-corrected chi connectivity index (χ4v) is 4.64. The fraction of sp³-hybridized carbons (Fsp3) is 0.0833. The van der Waals surface area contributed by atoms with Crippen molar-refractivity contribution in [2.24, 2.45) is 0 Å². The van der Waals surface area contributed by atoms with E-state index in [1.54, 1.807) is 42.5 Å². The number of hydrogen-bond donors (Lipinski definition) is 0. The highest BCUT2D eigenvalue weighted by Gasteiger charge is 2.35. The van der Waals surface area contributed by atoms with Crippen molar-refractivity contribution in [3.8, 4) is 5.75 Å². The Morgan fingerprint density at radius 2 is 1.59 bits per heavy atom. The Morgan fingerprint density at radius 3 is 2.31 bits per heavy atom. The Labute approximate surface area is 204 Å². The molecule has 0 aromatic heterocycles. The summed E-state index contributed by atoms with van der Waals surface area (Å²) in [5, 5.41) is 0.952. The number of benzene rings is 3. The molecule has 0 bridgehead atoms. The van der Waals surface area contributed by atoms with Gasteiger partial charge in [-0.05, 0) is 53.2 Å². The minimum Gasteiger partial charge on any atom is -0.487 e. The van der Waals surface area contributed by atoms with Gasteiger partial charge in [-0.2, -0.15) is 0 Å². The highest BCUT2D eigenvalue weighted by molar-refractivity contribution is 8.18. The fourth-order valence-electron chi connectivity index (χ4n) is 3.12. The summed E-state index contributed by atoms with van der Waals surface area (Å²) in [5.41, 5.74) is 2.29. The zero-order valence-electron chi connectivity index (χ0n) is 16.6. The molecule has 3 aromatic carbocycles. The lowest BCUT2D eigenvalue weighted by Crippen LogP contribution is -2.27. The minimum atomic E-state index is -0.389. The van der Waals surface area contributed by atoms with Gasteiger partial charge in [-0.15, -0.1) is 0 Å². The van der Waals surface area contributed by atoms with E-state index in [2.05, 4.69) is 0 Å². The number of carbonyl (C=O) groups is 2. The lowest BCUT2D eigenvalue weighted by Gasteiger charge is -2.13. The van der Waals surface area contributed by atoms with Crippen LogP contribution in [-0.4, -0.2) is 16.0 Å². The van der Waals surface area contributed by atoms with Crippen LogP contribution in [0.5, 0.6) is 5.75 Å². The van der Waals surface area contributed by atoms with Crippen molar-refractivity contribution in [1.82, 2.24) is 4.90 Å². The quantitative estimate of drug-likeness (QED) is 0.327. The van der Waals surface area contributed by atoms with Crippen LogP contribution in [-0.2, 0) is 17.9 Å². The number of ether oxygens (including phenoxy) is 1. The number of hydrogen-bond acceptors (Lipinski definition) is 4. The lowest BCUT2D eigenvalue weighted by atomic mass is 10.1. The van der Waals surface area contributed by atoms with Crippen molar-refractivity contribution in [3.63, 3.8) is 0 Å². The van der Waals surface area contributed by atoms with E-state index in [-0.39, 0.29) is 22.6 Å². The molecule has 32 heavy (non-hydrogen) atoms. The standard InChI is InChI=1S/C24H16Cl3NO3S/c25-18-8-6-15(7-9-18)13-28-23(29)21(32-24(28)30)11-17-10-19(26)12-20(27)22(17)31-14-16-4-2-1-3-5-16/h1-12H,13-14H2/b21-11-. The molecular weight excluding hydrogens is 489 g/mol. The average molecular weight is 505 g/mol. The molecule has 1 fully saturated rings. The largest absolute Gasteiger partial charge is 0.487 e. The van der Waals surface area contributed by atoms with Crippen LogP contribution in [0.25, 0.3) is 6.08 Å². The van der Waals surface area contributed by atoms with Crippen molar-refractivity contribution in [2.45, 2.75) is 13.2 Å². The predicted molar refractivity (Wildman–Crippen MR) is 130 cm³/mol. The summed E-state index contributed by atoms with van der Waals surface area (Å²) in [6.07, 6.45) is 1.59. The summed E-state index contributed by atoms with van der Waals surface area (Å²) in [6, 6.07) is 19.9. The van der Waals surface area contributed by atoms with Gasteiger partial charge in [-0.25, -0.2) is 0 Å². The number of imide groups is 1. The lowest BCUT2D eigenvalue weighted by molar-refractivity contribution is -0.123. The Kier molecular flexibility index (Phi) is 7.11. The number of halogens is 3. The Morgan fingerprint density at radius 1 is 0.875 bits per heavy atom. The Balaban J connectivity index is 1.59. The number of carbonyl (C=O) groups excluding carboxylic acids is 2. The van der Waals surface area contributed by atoms with E-state index in [1.807, 2.05) is 30.3 Å². The molecule has 0 unspecified atom stereocenters. The van der Waals surface area contributed by atoms with Gasteiger partial charge >= 0.3 is 0 Å². The van der Waals surface area contributed by atoms with Gasteiger partial charge in [0.15, 0.2) is 0 Å². The maximum Gasteiger partial charge on any atom is 0.293 e. The van der Waals surface area contributed by atoms with Crippen LogP contribution < -0.4 is 4.74 Å². The summed E-state index contributed by atoms with van der Waals surface area (Å²) < 4.78 is 5.95. The molecule has 1 saturated heterocycles. The van der Waals surface area contributed by atoms with Crippen molar-refractivity contribution in [1.29, 1.82) is 0 Å². The van der Waals surface area contributed by atoms with Gasteiger partial charge < -0.3 is 4.74 Å². The summed E-state index contributed by atoms with van der Waals surface area (Å²) in [6.45, 7) is 0.452. The molecule has 3 aromatic rings. The molecule has 4 nitrogen and oxygen atoms in total. The second kappa shape index (κ2) is 10.0. The molecule has 1 aliphatic heterocycles. The third-order valence-electron chi connectivity index (χ3n) is 4.68. The van der Waals surface area contributed by atoms with Crippen molar-refractivity contribution < 1.29 is 14.3 Å². The van der Waals surface area contributed by atoms with Crippen LogP contribution in [0.1, 0.15) is 16.7 Å². The predicted octanol–water partition coefficient (Wildman–Crippen LogP) is 7.46. The number of amides is 2. The van der Waals surface area contributed by atoms with Crippen molar-refractivity contribution >= 4 is 63.8 Å². The highest BCUT2D eigenvalue weighted by atomic mass is 35.5. The Hall–Kier alpha value is -2.44. The van der Waals surface area contributed by atoms with Gasteiger partial charge in [0.2, 0.25) is 0 Å². The van der Waals surface area contributed by atoms with Crippen LogP contribution in [0.3, 0.4) is 0 Å². The molecular formula is C24H16Cl3NO3S. The van der Waals surface area contributed by atoms with E-state index in [0.717, 1.165) is 22.9 Å². The van der Waals surface area contributed by atoms with Gasteiger partial charge in [0.25, 0.3) is 11.1 Å². The first-order valence-corrected chi connectivity index (χ1v) is 11.5. The smallest absolute Gasteiger partial charge is 0.293 e. The molecule has 4 rings (SSSR count). The van der Waals surface area contributed by atoms with E-state index < -0.39 is 0 Å². The van der Waals surface area contributed by atoms with Gasteiger partial charge in [0.05, 0.1) is 16.5 Å². The molecule has 8 heteroatoms. The molecule has 0 N–H and O–H groups in total. The monoisotopic (exact) mass is 503 g/mol. The summed E-state index contributed by atoms with van der Waals surface area (Å²) in [7, 11) is 0. The molecule has 0 atom stereocenters. The van der Waals surface area contributed by atoms with E-state index in [0.29, 0.717) is 33.0 Å². The van der Waals surface area contributed by atoms with Crippen LogP contribution in [0.2, 0.25) is 15.1 Å². The average Bonchev–Trinajstić information content (AvgIpc) is 3.02. The Bertz CT molecular complexity index is 1200. The van der Waals surface area contributed by atoms with Crippen LogP contribution in [0.4, 0.5) is 4.79 Å². The van der Waals surface area contributed by atoms with Gasteiger partial charge in [-0.1, -0.05) is 77.3 Å². The van der Waals surface area contributed by atoms with Crippen LogP contribution in [0.15, 0.2) is 71.6 Å². The van der Waals surface area contributed by atoms with E-state index in [4.69, 9.17) is 39.5 Å². The maximum atomic E-state index is 12.9. The SMILES string of the molecule is O=C1S/C(=C\c2cc(Cl)cc(Cl)c2OCc2ccccc2)C(=O)N1Cc1ccc(Cl)cc1. The van der Waals surface area contributed by atoms with Gasteiger partial charge in [0, 0.05) is 15.6 Å². The third kappa shape index (κ3) is 5.30. The van der Waals surface area contributed by atoms with Gasteiger partial charge in [-0.3, -0.25) is 14.5 Å². The molecule has 2 amide bonds. The van der Waals surface area contributed by atoms with E-state index in [1.165, 1.54) is 4.90 Å². The molecule has 0 aliphatic carbocycles. The van der Waals surface area contributed by atoms with Crippen LogP contribution >= 0.6 is 46.6 Å². The molecule has 0 spiro atoms. The number of thioether (sulfide) groups is 1. The third-order valence-corrected chi connectivity index (χ3v) is 6.34. The molecule has 0 saturated carbocycles. The summed E-state index contributed by atoms with van der Waals surface area (Å²) in [4.78, 5) is 26.9.